The van der Waals surface area contributed by atoms with Crippen LogP contribution in [0.5, 0.6) is 0 Å². The van der Waals surface area contributed by atoms with Gasteiger partial charge >= 0.3 is 0 Å². The lowest BCUT2D eigenvalue weighted by atomic mass is 9.85. The van der Waals surface area contributed by atoms with Crippen LogP contribution in [0.15, 0.2) is 18.2 Å². The molecule has 112 valence electrons. The predicted molar refractivity (Wildman–Crippen MR) is 74.6 cm³/mol. The average Bonchev–Trinajstić information content (AvgIpc) is 2.60. The van der Waals surface area contributed by atoms with Crippen molar-refractivity contribution in [1.29, 1.82) is 5.26 Å². The molecule has 0 saturated carbocycles. The summed E-state index contributed by atoms with van der Waals surface area (Å²) in [5.41, 5.74) is -0.725. The highest BCUT2D eigenvalue weighted by atomic mass is 32.2. The number of nitrogens with zero attached hydrogens (tertiary/aromatic N) is 1. The number of hydrogen-bond acceptors (Lipinski definition) is 4. The molecule has 1 aromatic carbocycles. The van der Waals surface area contributed by atoms with Gasteiger partial charge in [-0.15, -0.1) is 0 Å². The second-order valence-corrected chi connectivity index (χ2v) is 8.51. The third-order valence-corrected chi connectivity index (χ3v) is 7.35. The van der Waals surface area contributed by atoms with E-state index in [1.54, 1.807) is 6.07 Å². The molecule has 2 saturated heterocycles. The maximum Gasteiger partial charge on any atom is 0.156 e. The van der Waals surface area contributed by atoms with Crippen LogP contribution in [0.3, 0.4) is 0 Å². The summed E-state index contributed by atoms with van der Waals surface area (Å²) in [6, 6.07) is 6.30. The molecule has 2 unspecified atom stereocenters. The number of nitriles is 1. The Bertz CT molecular complexity index is 703. The molecule has 2 fully saturated rings. The van der Waals surface area contributed by atoms with Crippen LogP contribution in [-0.2, 0) is 21.9 Å². The van der Waals surface area contributed by atoms with E-state index in [0.29, 0.717) is 18.4 Å². The number of sulfone groups is 1. The highest BCUT2D eigenvalue weighted by Crippen LogP contribution is 2.48. The number of fused-ring (bicyclic) bond motifs is 2. The molecule has 0 radical (unpaired) electrons. The van der Waals surface area contributed by atoms with Crippen LogP contribution in [0.1, 0.15) is 36.8 Å². The van der Waals surface area contributed by atoms with E-state index >= 15 is 0 Å². The Labute approximate surface area is 123 Å². The molecule has 21 heavy (non-hydrogen) atoms. The van der Waals surface area contributed by atoms with Gasteiger partial charge in [-0.25, -0.2) is 12.8 Å². The van der Waals surface area contributed by atoms with Crippen molar-refractivity contribution in [2.45, 2.75) is 48.2 Å². The monoisotopic (exact) mass is 309 g/mol. The fourth-order valence-corrected chi connectivity index (χ4v) is 6.09. The fraction of sp³-hybridized carbons (Fsp3) is 0.533. The van der Waals surface area contributed by atoms with Gasteiger partial charge in [0.15, 0.2) is 9.84 Å². The minimum atomic E-state index is -3.16. The first-order valence-electron chi connectivity index (χ1n) is 6.98. The summed E-state index contributed by atoms with van der Waals surface area (Å²) in [4.78, 5) is 0. The lowest BCUT2D eigenvalue weighted by molar-refractivity contribution is 0.0139. The zero-order valence-electron chi connectivity index (χ0n) is 11.4. The quantitative estimate of drug-likeness (QED) is 0.904. The number of benzene rings is 1. The van der Waals surface area contributed by atoms with Gasteiger partial charge < -0.3 is 5.11 Å². The number of rotatable bonds is 2. The third-order valence-electron chi connectivity index (χ3n) is 4.69. The molecule has 2 aliphatic rings. The van der Waals surface area contributed by atoms with E-state index in [0.717, 1.165) is 0 Å². The molecule has 1 N–H and O–H groups in total. The molecule has 2 heterocycles. The van der Waals surface area contributed by atoms with Gasteiger partial charge in [0.1, 0.15) is 5.82 Å². The summed E-state index contributed by atoms with van der Waals surface area (Å²) in [7, 11) is -3.16. The molecular formula is C15H16FNO3S. The second kappa shape index (κ2) is 4.79. The second-order valence-electron chi connectivity index (χ2n) is 6.00. The van der Waals surface area contributed by atoms with Crippen LogP contribution in [-0.4, -0.2) is 24.0 Å². The zero-order valence-corrected chi connectivity index (χ0v) is 12.2. The van der Waals surface area contributed by atoms with Crippen LogP contribution in [0, 0.1) is 17.1 Å². The van der Waals surface area contributed by atoms with Gasteiger partial charge in [-0.05, 0) is 37.3 Å². The van der Waals surface area contributed by atoms with Gasteiger partial charge in [0.05, 0.1) is 28.6 Å². The Morgan fingerprint density at radius 2 is 1.95 bits per heavy atom. The van der Waals surface area contributed by atoms with Crippen LogP contribution in [0.2, 0.25) is 0 Å². The van der Waals surface area contributed by atoms with E-state index in [2.05, 4.69) is 0 Å². The molecular weight excluding hydrogens is 293 g/mol. The molecule has 2 atom stereocenters. The first kappa shape index (κ1) is 14.5. The number of hydrogen-bond donors (Lipinski definition) is 1. The van der Waals surface area contributed by atoms with Gasteiger partial charge in [0.2, 0.25) is 0 Å². The van der Waals surface area contributed by atoms with E-state index in [1.807, 2.05) is 6.07 Å². The maximum absolute atomic E-state index is 14.3. The van der Waals surface area contributed by atoms with Gasteiger partial charge in [0.25, 0.3) is 0 Å². The lowest BCUT2D eigenvalue weighted by Crippen LogP contribution is -2.43. The zero-order chi connectivity index (χ0) is 15.3. The molecule has 3 rings (SSSR count). The minimum absolute atomic E-state index is 0.0559. The molecule has 2 bridgehead atoms. The molecule has 2 aliphatic heterocycles. The van der Waals surface area contributed by atoms with Crippen molar-refractivity contribution in [3.63, 3.8) is 0 Å². The van der Waals surface area contributed by atoms with Gasteiger partial charge in [-0.3, -0.25) is 0 Å². The van der Waals surface area contributed by atoms with Crippen molar-refractivity contribution < 1.29 is 17.9 Å². The highest BCUT2D eigenvalue weighted by Gasteiger charge is 2.53. The molecule has 0 aliphatic carbocycles. The van der Waals surface area contributed by atoms with Crippen molar-refractivity contribution in [3.05, 3.63) is 35.1 Å². The van der Waals surface area contributed by atoms with Crippen molar-refractivity contribution in [1.82, 2.24) is 0 Å². The first-order chi connectivity index (χ1) is 9.87. The van der Waals surface area contributed by atoms with Crippen molar-refractivity contribution in [2.75, 3.05) is 0 Å². The van der Waals surface area contributed by atoms with Crippen molar-refractivity contribution in [2.24, 2.45) is 0 Å². The Hall–Kier alpha value is -1.45. The van der Waals surface area contributed by atoms with Gasteiger partial charge in [-0.1, -0.05) is 12.1 Å². The fourth-order valence-electron chi connectivity index (χ4n) is 3.60. The Balaban J connectivity index is 1.96. The highest BCUT2D eigenvalue weighted by molar-refractivity contribution is 7.93. The predicted octanol–water partition coefficient (Wildman–Crippen LogP) is 1.82. The largest absolute Gasteiger partial charge is 0.385 e. The van der Waals surface area contributed by atoms with E-state index in [1.165, 1.54) is 12.1 Å². The van der Waals surface area contributed by atoms with Crippen LogP contribution >= 0.6 is 0 Å². The van der Waals surface area contributed by atoms with E-state index < -0.39 is 31.8 Å². The maximum atomic E-state index is 14.3. The van der Waals surface area contributed by atoms with E-state index in [4.69, 9.17) is 5.26 Å². The van der Waals surface area contributed by atoms with Crippen molar-refractivity contribution >= 4 is 9.84 Å². The summed E-state index contributed by atoms with van der Waals surface area (Å²) in [5.74, 6) is -0.566. The van der Waals surface area contributed by atoms with Crippen molar-refractivity contribution in [3.8, 4) is 6.07 Å². The normalized spacial score (nSPS) is 33.6. The standard InChI is InChI=1S/C15H16FNO3S/c16-14-7-10(5-6-17)1-4-13(14)15(18)8-11-2-3-12(9-15)21(11,19)20/h1,4,7,11-12,18H,2-3,5,8-9H2. The first-order valence-corrected chi connectivity index (χ1v) is 8.59. The lowest BCUT2D eigenvalue weighted by Gasteiger charge is -2.36. The average molecular weight is 309 g/mol. The topological polar surface area (TPSA) is 78.2 Å². The summed E-state index contributed by atoms with van der Waals surface area (Å²) >= 11 is 0. The summed E-state index contributed by atoms with van der Waals surface area (Å²) in [6.45, 7) is 0. The number of halogens is 1. The van der Waals surface area contributed by atoms with E-state index in [9.17, 15) is 17.9 Å². The van der Waals surface area contributed by atoms with Crippen LogP contribution in [0.25, 0.3) is 0 Å². The van der Waals surface area contributed by atoms with Gasteiger partial charge in [-0.2, -0.15) is 5.26 Å². The number of aliphatic hydroxyl groups is 1. The summed E-state index contributed by atoms with van der Waals surface area (Å²) in [5, 5.41) is 18.3. The van der Waals surface area contributed by atoms with E-state index in [-0.39, 0.29) is 24.8 Å². The Kier molecular flexibility index (Phi) is 3.30. The molecule has 0 spiro atoms. The third kappa shape index (κ3) is 2.25. The van der Waals surface area contributed by atoms with Crippen LogP contribution in [0.4, 0.5) is 4.39 Å². The molecule has 4 nitrogen and oxygen atoms in total. The SMILES string of the molecule is N#CCc1ccc(C2(O)CC3CCC(C2)S3(=O)=O)c(F)c1. The van der Waals surface area contributed by atoms with Crippen LogP contribution < -0.4 is 0 Å². The minimum Gasteiger partial charge on any atom is -0.385 e. The molecule has 0 aromatic heterocycles. The molecule has 0 amide bonds. The summed E-state index contributed by atoms with van der Waals surface area (Å²) in [6.07, 6.45) is 1.31. The van der Waals surface area contributed by atoms with Gasteiger partial charge in [0, 0.05) is 5.56 Å². The Morgan fingerprint density at radius 1 is 1.33 bits per heavy atom. The molecule has 1 aromatic rings. The Morgan fingerprint density at radius 3 is 2.48 bits per heavy atom. The smallest absolute Gasteiger partial charge is 0.156 e. The summed E-state index contributed by atoms with van der Waals surface area (Å²) < 4.78 is 38.4. The molecule has 6 heteroatoms.